The minimum absolute atomic E-state index is 0.149. The topological polar surface area (TPSA) is 82.4 Å². The normalized spacial score (nSPS) is 27.6. The van der Waals surface area contributed by atoms with Gasteiger partial charge in [-0.1, -0.05) is 11.6 Å². The smallest absolute Gasteiger partial charge is 0.337 e. The molecule has 1 fully saturated rings. The second-order valence-corrected chi connectivity index (χ2v) is 6.21. The number of rotatable bonds is 3. The van der Waals surface area contributed by atoms with Gasteiger partial charge in [-0.25, -0.2) is 9.79 Å². The van der Waals surface area contributed by atoms with Crippen LogP contribution in [-0.4, -0.2) is 71.8 Å². The average molecular weight is 352 g/mol. The molecule has 3 aliphatic rings. The lowest BCUT2D eigenvalue weighted by atomic mass is 9.92. The highest BCUT2D eigenvalue weighted by Crippen LogP contribution is 2.31. The first-order valence-corrected chi connectivity index (χ1v) is 8.06. The van der Waals surface area contributed by atoms with Gasteiger partial charge in [0.2, 0.25) is 0 Å². The van der Waals surface area contributed by atoms with Gasteiger partial charge in [-0.3, -0.25) is 4.79 Å². The van der Waals surface area contributed by atoms with Crippen molar-refractivity contribution in [2.45, 2.75) is 5.50 Å². The van der Waals surface area contributed by atoms with Gasteiger partial charge in [-0.2, -0.15) is 0 Å². The number of amides is 1. The predicted octanol–water partition coefficient (Wildman–Crippen LogP) is 0.835. The fraction of sp³-hybridized carbons (Fsp3) is 0.438. The van der Waals surface area contributed by atoms with Crippen molar-refractivity contribution in [1.82, 2.24) is 9.80 Å². The summed E-state index contributed by atoms with van der Waals surface area (Å²) in [5.41, 5.74) is 0.849. The molecule has 0 radical (unpaired) electrons. The van der Waals surface area contributed by atoms with Crippen molar-refractivity contribution < 1.29 is 19.4 Å². The van der Waals surface area contributed by atoms with Crippen LogP contribution < -0.4 is 0 Å². The predicted molar refractivity (Wildman–Crippen MR) is 88.7 cm³/mol. The standard InChI is InChI=1S/C16H18ClN3O4/c1-19-9-11(16(22)23)6-12(14(19)17)10-7-13(15(21)18-8-10)20-2-4-24-5-3-20/h6-10,14H,2-5H2,1H3,(H,22,23). The van der Waals surface area contributed by atoms with E-state index in [9.17, 15) is 14.7 Å². The van der Waals surface area contributed by atoms with E-state index in [1.54, 1.807) is 24.1 Å². The lowest BCUT2D eigenvalue weighted by molar-refractivity contribution is -0.132. The van der Waals surface area contributed by atoms with E-state index in [2.05, 4.69) is 4.99 Å². The van der Waals surface area contributed by atoms with Crippen LogP contribution in [0, 0.1) is 5.92 Å². The number of hydrogen-bond donors (Lipinski definition) is 1. The Labute approximate surface area is 144 Å². The third-order valence-corrected chi connectivity index (χ3v) is 4.75. The number of carbonyl (C=O) groups excluding carboxylic acids is 1. The minimum Gasteiger partial charge on any atom is -0.478 e. The summed E-state index contributed by atoms with van der Waals surface area (Å²) < 4.78 is 5.31. The quantitative estimate of drug-likeness (QED) is 0.599. The first kappa shape index (κ1) is 16.7. The first-order valence-electron chi connectivity index (χ1n) is 7.63. The summed E-state index contributed by atoms with van der Waals surface area (Å²) in [6, 6.07) is 0. The number of carboxylic acids is 1. The van der Waals surface area contributed by atoms with Crippen LogP contribution in [0.4, 0.5) is 0 Å². The highest BCUT2D eigenvalue weighted by Gasteiger charge is 2.31. The molecular formula is C16H18ClN3O4. The van der Waals surface area contributed by atoms with Crippen molar-refractivity contribution in [3.8, 4) is 0 Å². The van der Waals surface area contributed by atoms with Crippen molar-refractivity contribution in [3.63, 3.8) is 0 Å². The van der Waals surface area contributed by atoms with Crippen LogP contribution >= 0.6 is 11.6 Å². The van der Waals surface area contributed by atoms with Gasteiger partial charge in [0.25, 0.3) is 5.91 Å². The lowest BCUT2D eigenvalue weighted by Crippen LogP contribution is -2.39. The van der Waals surface area contributed by atoms with Crippen molar-refractivity contribution in [1.29, 1.82) is 0 Å². The van der Waals surface area contributed by atoms with Crippen LogP contribution in [-0.2, 0) is 14.3 Å². The van der Waals surface area contributed by atoms with Crippen molar-refractivity contribution in [2.24, 2.45) is 10.9 Å². The molecule has 1 saturated heterocycles. The third kappa shape index (κ3) is 3.22. The van der Waals surface area contributed by atoms with Gasteiger partial charge in [-0.05, 0) is 17.7 Å². The zero-order valence-corrected chi connectivity index (χ0v) is 13.9. The number of ether oxygens (including phenoxy) is 1. The Hall–Kier alpha value is -2.12. The molecule has 0 aromatic heterocycles. The first-order chi connectivity index (χ1) is 11.5. The van der Waals surface area contributed by atoms with Crippen molar-refractivity contribution in [2.75, 3.05) is 33.4 Å². The summed E-state index contributed by atoms with van der Waals surface area (Å²) in [6.07, 6.45) is 6.37. The largest absolute Gasteiger partial charge is 0.478 e. The maximum atomic E-state index is 12.1. The highest BCUT2D eigenvalue weighted by atomic mass is 35.5. The van der Waals surface area contributed by atoms with E-state index in [0.29, 0.717) is 37.6 Å². The third-order valence-electron chi connectivity index (χ3n) is 4.19. The number of alkyl halides is 1. The number of likely N-dealkylation sites (N-methyl/N-ethyl adjacent to an activating group) is 1. The molecule has 0 saturated carbocycles. The van der Waals surface area contributed by atoms with Crippen LogP contribution in [0.3, 0.4) is 0 Å². The zero-order valence-electron chi connectivity index (χ0n) is 13.2. The molecule has 0 aromatic carbocycles. The number of morpholine rings is 1. The number of allylic oxidation sites excluding steroid dienone is 1. The Morgan fingerprint density at radius 2 is 2.12 bits per heavy atom. The number of carbonyl (C=O) groups is 2. The zero-order chi connectivity index (χ0) is 17.3. The number of aliphatic carboxylic acids is 1. The molecule has 0 bridgehead atoms. The number of nitrogens with zero attached hydrogens (tertiary/aromatic N) is 3. The van der Waals surface area contributed by atoms with Gasteiger partial charge in [0.05, 0.1) is 18.8 Å². The van der Waals surface area contributed by atoms with E-state index < -0.39 is 11.5 Å². The maximum absolute atomic E-state index is 12.1. The number of halogens is 1. The van der Waals surface area contributed by atoms with Gasteiger partial charge in [0.15, 0.2) is 0 Å². The summed E-state index contributed by atoms with van der Waals surface area (Å²) >= 11 is 6.42. The average Bonchev–Trinajstić information content (AvgIpc) is 2.58. The van der Waals surface area contributed by atoms with Gasteiger partial charge in [0, 0.05) is 38.5 Å². The molecule has 128 valence electrons. The summed E-state index contributed by atoms with van der Waals surface area (Å²) in [4.78, 5) is 31.0. The van der Waals surface area contributed by atoms with Crippen LogP contribution in [0.2, 0.25) is 0 Å². The van der Waals surface area contributed by atoms with Crippen LogP contribution in [0.25, 0.3) is 0 Å². The molecule has 1 amide bonds. The number of dihydropyridines is 1. The Morgan fingerprint density at radius 1 is 1.42 bits per heavy atom. The van der Waals surface area contributed by atoms with Crippen LogP contribution in [0.5, 0.6) is 0 Å². The fourth-order valence-electron chi connectivity index (χ4n) is 2.90. The van der Waals surface area contributed by atoms with Crippen LogP contribution in [0.1, 0.15) is 0 Å². The van der Waals surface area contributed by atoms with Gasteiger partial charge >= 0.3 is 5.97 Å². The van der Waals surface area contributed by atoms with E-state index in [-0.39, 0.29) is 17.4 Å². The highest BCUT2D eigenvalue weighted by molar-refractivity contribution is 6.23. The summed E-state index contributed by atoms with van der Waals surface area (Å²) in [6.45, 7) is 2.38. The number of carboxylic acid groups (broad SMARTS) is 1. The molecule has 0 aliphatic carbocycles. The summed E-state index contributed by atoms with van der Waals surface area (Å²) in [7, 11) is 1.71. The Kier molecular flexibility index (Phi) is 4.73. The van der Waals surface area contributed by atoms with E-state index in [4.69, 9.17) is 16.3 Å². The monoisotopic (exact) mass is 351 g/mol. The molecular weight excluding hydrogens is 334 g/mol. The second-order valence-electron chi connectivity index (χ2n) is 5.80. The number of hydrogen-bond acceptors (Lipinski definition) is 5. The molecule has 1 N–H and O–H groups in total. The molecule has 24 heavy (non-hydrogen) atoms. The van der Waals surface area contributed by atoms with Crippen molar-refractivity contribution in [3.05, 3.63) is 35.2 Å². The number of aliphatic imine (C=N–C) groups is 1. The SMILES string of the molecule is CN1C=C(C(=O)O)C=C(C2C=NC(=O)C(N3CCOCC3)=C2)C1Cl. The van der Waals surface area contributed by atoms with E-state index in [1.165, 1.54) is 12.4 Å². The van der Waals surface area contributed by atoms with Gasteiger partial charge < -0.3 is 19.6 Å². The molecule has 3 rings (SSSR count). The van der Waals surface area contributed by atoms with Gasteiger partial charge in [0.1, 0.15) is 11.2 Å². The molecule has 0 spiro atoms. The Morgan fingerprint density at radius 3 is 2.79 bits per heavy atom. The lowest BCUT2D eigenvalue weighted by Gasteiger charge is -2.34. The fourth-order valence-corrected chi connectivity index (χ4v) is 3.17. The van der Waals surface area contributed by atoms with Gasteiger partial charge in [-0.15, -0.1) is 0 Å². The molecule has 3 aliphatic heterocycles. The molecule has 8 heteroatoms. The molecule has 0 aromatic rings. The Bertz CT molecular complexity index is 677. The maximum Gasteiger partial charge on any atom is 0.337 e. The van der Waals surface area contributed by atoms with Crippen molar-refractivity contribution >= 4 is 29.7 Å². The second kappa shape index (κ2) is 6.78. The molecule has 7 nitrogen and oxygen atoms in total. The summed E-state index contributed by atoms with van der Waals surface area (Å²) in [5, 5.41) is 9.25. The molecule has 2 atom stereocenters. The summed E-state index contributed by atoms with van der Waals surface area (Å²) in [5.74, 6) is -1.64. The van der Waals surface area contributed by atoms with Crippen LogP contribution in [0.15, 0.2) is 40.2 Å². The van der Waals surface area contributed by atoms with E-state index in [1.807, 2.05) is 4.90 Å². The minimum atomic E-state index is -1.02. The molecule has 2 unspecified atom stereocenters. The Balaban J connectivity index is 1.91. The van der Waals surface area contributed by atoms with E-state index in [0.717, 1.165) is 0 Å². The molecule has 3 heterocycles. The van der Waals surface area contributed by atoms with E-state index >= 15 is 0 Å².